The minimum Gasteiger partial charge on any atom is -0.483 e. The number of alkyl halides is 3. The van der Waals surface area contributed by atoms with E-state index in [9.17, 15) is 31.1 Å². The van der Waals surface area contributed by atoms with Crippen LogP contribution in [0.25, 0.3) is 5.82 Å². The van der Waals surface area contributed by atoms with Crippen molar-refractivity contribution in [1.29, 1.82) is 0 Å². The fraction of sp³-hybridized carbons (Fsp3) is 0.304. The number of halogens is 6. The largest absolute Gasteiger partial charge is 0.483 e. The third-order valence-electron chi connectivity index (χ3n) is 5.91. The summed E-state index contributed by atoms with van der Waals surface area (Å²) in [4.78, 5) is 18.1. The molecule has 14 heteroatoms. The Morgan fingerprint density at radius 3 is 2.41 bits per heavy atom. The maximum Gasteiger partial charge on any atom is 0.435 e. The quantitative estimate of drug-likeness (QED) is 0.467. The summed E-state index contributed by atoms with van der Waals surface area (Å²) in [5, 5.41) is 8.63. The molecule has 1 saturated heterocycles. The van der Waals surface area contributed by atoms with Gasteiger partial charge in [0.25, 0.3) is 0 Å². The highest BCUT2D eigenvalue weighted by Crippen LogP contribution is 2.33. The number of carbonyl (C=O) groups excluding carboxylic acids is 1. The third kappa shape index (κ3) is 4.82. The highest BCUT2D eigenvalue weighted by Gasteiger charge is 2.39. The number of carbonyl (C=O) groups is 1. The summed E-state index contributed by atoms with van der Waals surface area (Å²) in [6.07, 6.45) is -2.72. The Morgan fingerprint density at radius 1 is 1.05 bits per heavy atom. The first kappa shape index (κ1) is 24.6. The van der Waals surface area contributed by atoms with Crippen molar-refractivity contribution in [3.63, 3.8) is 0 Å². The van der Waals surface area contributed by atoms with Gasteiger partial charge in [-0.1, -0.05) is 0 Å². The number of likely N-dealkylation sites (tertiary alicyclic amines) is 1. The Kier molecular flexibility index (Phi) is 6.04. The van der Waals surface area contributed by atoms with E-state index in [2.05, 4.69) is 15.2 Å². The number of aromatic nitrogens is 3. The highest BCUT2D eigenvalue weighted by molar-refractivity contribution is 5.79. The maximum absolute atomic E-state index is 14.3. The predicted molar refractivity (Wildman–Crippen MR) is 116 cm³/mol. The normalized spacial score (nSPS) is 17.9. The first-order chi connectivity index (χ1) is 17.5. The molecular weight excluding hydrogens is 506 g/mol. The molecule has 2 amide bonds. The average molecular weight is 524 g/mol. The molecule has 8 nitrogen and oxygen atoms in total. The Hall–Kier alpha value is -4.10. The van der Waals surface area contributed by atoms with Gasteiger partial charge in [-0.15, -0.1) is 0 Å². The van der Waals surface area contributed by atoms with E-state index in [-0.39, 0.29) is 42.3 Å². The standard InChI is InChI=1S/C23H18F6N6O2/c1-12-4-20(23(27,28)29)32-34(12)21-8-19(17(26)9-30-21)37-16-10-33(11-16)22(36)35-18(2-3-31-35)13-5-14(24)7-15(25)6-13/h3-9,16,18H,2,10-11H2,1H3. The molecule has 194 valence electrons. The van der Waals surface area contributed by atoms with E-state index >= 15 is 0 Å². The van der Waals surface area contributed by atoms with Gasteiger partial charge in [-0.3, -0.25) is 0 Å². The van der Waals surface area contributed by atoms with E-state index in [4.69, 9.17) is 4.74 Å². The van der Waals surface area contributed by atoms with Crippen LogP contribution in [0.4, 0.5) is 31.1 Å². The second kappa shape index (κ2) is 9.09. The summed E-state index contributed by atoms with van der Waals surface area (Å²) in [7, 11) is 0. The zero-order chi connectivity index (χ0) is 26.5. The van der Waals surface area contributed by atoms with Crippen molar-refractivity contribution >= 4 is 12.2 Å². The second-order valence-electron chi connectivity index (χ2n) is 8.58. The van der Waals surface area contributed by atoms with Crippen molar-refractivity contribution in [3.05, 3.63) is 70.9 Å². The third-order valence-corrected chi connectivity index (χ3v) is 5.91. The molecule has 0 N–H and O–H groups in total. The summed E-state index contributed by atoms with van der Waals surface area (Å²) < 4.78 is 87.1. The van der Waals surface area contributed by atoms with Crippen LogP contribution >= 0.6 is 0 Å². The number of amides is 2. The Balaban J connectivity index is 1.25. The fourth-order valence-electron chi connectivity index (χ4n) is 4.10. The van der Waals surface area contributed by atoms with Gasteiger partial charge >= 0.3 is 12.2 Å². The minimum absolute atomic E-state index is 0.0607. The molecule has 0 aliphatic carbocycles. The number of urea groups is 1. The van der Waals surface area contributed by atoms with Crippen LogP contribution in [-0.4, -0.2) is 56.1 Å². The second-order valence-corrected chi connectivity index (χ2v) is 8.58. The lowest BCUT2D eigenvalue weighted by atomic mass is 10.0. The topological polar surface area (TPSA) is 75.8 Å². The smallest absolute Gasteiger partial charge is 0.435 e. The Bertz CT molecular complexity index is 1360. The van der Waals surface area contributed by atoms with Crippen molar-refractivity contribution in [2.24, 2.45) is 5.10 Å². The molecule has 1 atom stereocenters. The number of hydrogen-bond acceptors (Lipinski definition) is 5. The SMILES string of the molecule is Cc1cc(C(F)(F)F)nn1-c1cc(OC2CN(C(=O)N3N=CCC3c3cc(F)cc(F)c3)C2)c(F)cn1. The lowest BCUT2D eigenvalue weighted by Crippen LogP contribution is -2.58. The van der Waals surface area contributed by atoms with Crippen LogP contribution in [0.15, 0.2) is 41.6 Å². The lowest BCUT2D eigenvalue weighted by molar-refractivity contribution is -0.141. The van der Waals surface area contributed by atoms with Gasteiger partial charge in [0.05, 0.1) is 25.3 Å². The zero-order valence-corrected chi connectivity index (χ0v) is 19.1. The first-order valence-corrected chi connectivity index (χ1v) is 11.0. The van der Waals surface area contributed by atoms with E-state index in [1.165, 1.54) is 18.0 Å². The van der Waals surface area contributed by atoms with Crippen LogP contribution < -0.4 is 4.74 Å². The molecule has 1 fully saturated rings. The fourth-order valence-corrected chi connectivity index (χ4v) is 4.10. The lowest BCUT2D eigenvalue weighted by Gasteiger charge is -2.41. The molecule has 1 unspecified atom stereocenters. The molecule has 2 aliphatic rings. The molecule has 5 rings (SSSR count). The van der Waals surface area contributed by atoms with E-state index < -0.39 is 47.5 Å². The van der Waals surface area contributed by atoms with E-state index in [1.807, 2.05) is 0 Å². The van der Waals surface area contributed by atoms with Gasteiger partial charge in [0.15, 0.2) is 23.1 Å². The number of rotatable bonds is 4. The van der Waals surface area contributed by atoms with Crippen molar-refractivity contribution in [1.82, 2.24) is 24.7 Å². The van der Waals surface area contributed by atoms with Gasteiger partial charge in [-0.2, -0.15) is 23.4 Å². The number of pyridine rings is 1. The van der Waals surface area contributed by atoms with E-state index in [0.717, 1.165) is 46.2 Å². The monoisotopic (exact) mass is 524 g/mol. The summed E-state index contributed by atoms with van der Waals surface area (Å²) >= 11 is 0. The Labute approximate surface area is 205 Å². The zero-order valence-electron chi connectivity index (χ0n) is 19.1. The summed E-state index contributed by atoms with van der Waals surface area (Å²) in [6.45, 7) is 1.52. The van der Waals surface area contributed by atoms with Crippen LogP contribution in [-0.2, 0) is 6.18 Å². The van der Waals surface area contributed by atoms with Gasteiger partial charge in [0.2, 0.25) is 0 Å². The van der Waals surface area contributed by atoms with Gasteiger partial charge in [0.1, 0.15) is 17.7 Å². The number of nitrogens with zero attached hydrogens (tertiary/aromatic N) is 6. The number of hydrogen-bond donors (Lipinski definition) is 0. The number of benzene rings is 1. The van der Waals surface area contributed by atoms with E-state index in [0.29, 0.717) is 0 Å². The first-order valence-electron chi connectivity index (χ1n) is 11.0. The number of hydrazone groups is 1. The molecule has 0 radical (unpaired) electrons. The van der Waals surface area contributed by atoms with Crippen LogP contribution in [0.3, 0.4) is 0 Å². The average Bonchev–Trinajstić information content (AvgIpc) is 3.43. The Morgan fingerprint density at radius 2 is 1.76 bits per heavy atom. The summed E-state index contributed by atoms with van der Waals surface area (Å²) in [6, 6.07) is 3.76. The maximum atomic E-state index is 14.3. The summed E-state index contributed by atoms with van der Waals surface area (Å²) in [5.41, 5.74) is -0.724. The molecule has 0 saturated carbocycles. The molecule has 3 aromatic rings. The van der Waals surface area contributed by atoms with Gasteiger partial charge in [-0.05, 0) is 30.7 Å². The van der Waals surface area contributed by atoms with Crippen molar-refractivity contribution in [3.8, 4) is 11.6 Å². The molecule has 37 heavy (non-hydrogen) atoms. The molecule has 1 aromatic carbocycles. The molecular formula is C23H18F6N6O2. The van der Waals surface area contributed by atoms with Crippen molar-refractivity contribution in [2.75, 3.05) is 13.1 Å². The van der Waals surface area contributed by atoms with Crippen LogP contribution in [0.1, 0.15) is 29.4 Å². The van der Waals surface area contributed by atoms with Gasteiger partial charge in [-0.25, -0.2) is 32.6 Å². The molecule has 0 bridgehead atoms. The van der Waals surface area contributed by atoms with Crippen molar-refractivity contribution in [2.45, 2.75) is 31.7 Å². The number of ether oxygens (including phenoxy) is 1. The highest BCUT2D eigenvalue weighted by atomic mass is 19.4. The van der Waals surface area contributed by atoms with Crippen LogP contribution in [0.5, 0.6) is 5.75 Å². The number of aryl methyl sites for hydroxylation is 1. The van der Waals surface area contributed by atoms with Gasteiger partial charge < -0.3 is 9.64 Å². The van der Waals surface area contributed by atoms with Crippen molar-refractivity contribution < 1.29 is 35.9 Å². The molecule has 4 heterocycles. The molecule has 2 aromatic heterocycles. The van der Waals surface area contributed by atoms with Gasteiger partial charge in [0, 0.05) is 30.5 Å². The van der Waals surface area contributed by atoms with E-state index in [1.54, 1.807) is 0 Å². The minimum atomic E-state index is -4.65. The van der Waals surface area contributed by atoms with Crippen LogP contribution in [0.2, 0.25) is 0 Å². The van der Waals surface area contributed by atoms with Crippen LogP contribution in [0, 0.1) is 24.4 Å². The molecule has 2 aliphatic heterocycles. The summed E-state index contributed by atoms with van der Waals surface area (Å²) in [5.74, 6) is -2.73. The predicted octanol–water partition coefficient (Wildman–Crippen LogP) is 4.63. The molecule has 0 spiro atoms.